The van der Waals surface area contributed by atoms with E-state index in [0.717, 1.165) is 32.4 Å². The van der Waals surface area contributed by atoms with Crippen LogP contribution in [0.1, 0.15) is 46.2 Å². The van der Waals surface area contributed by atoms with Crippen LogP contribution in [0.3, 0.4) is 0 Å². The van der Waals surface area contributed by atoms with Crippen LogP contribution in [0.4, 0.5) is 0 Å². The van der Waals surface area contributed by atoms with Crippen molar-refractivity contribution in [3.63, 3.8) is 0 Å². The third-order valence-corrected chi connectivity index (χ3v) is 4.59. The Balaban J connectivity index is 1.55. The first-order chi connectivity index (χ1) is 11.1. The van der Waals surface area contributed by atoms with Gasteiger partial charge in [-0.2, -0.15) is 0 Å². The number of hydrogen-bond donors (Lipinski definition) is 1. The highest BCUT2D eigenvalue weighted by molar-refractivity contribution is 5.99. The van der Waals surface area contributed by atoms with Gasteiger partial charge in [-0.05, 0) is 43.7 Å². The first kappa shape index (κ1) is 15.5. The van der Waals surface area contributed by atoms with Crippen molar-refractivity contribution < 1.29 is 9.59 Å². The minimum absolute atomic E-state index is 0.00402. The molecule has 0 aliphatic carbocycles. The van der Waals surface area contributed by atoms with Crippen molar-refractivity contribution in [2.75, 3.05) is 13.1 Å². The number of benzene rings is 1. The summed E-state index contributed by atoms with van der Waals surface area (Å²) in [5.74, 6) is 0.607. The van der Waals surface area contributed by atoms with Crippen LogP contribution in [0, 0.1) is 5.92 Å². The van der Waals surface area contributed by atoms with Crippen LogP contribution < -0.4 is 0 Å². The Morgan fingerprint density at radius 1 is 1.17 bits per heavy atom. The highest BCUT2D eigenvalue weighted by atomic mass is 16.2. The molecule has 2 heterocycles. The SMILES string of the molecule is CC(=O)c1c[nH]c(C(=O)N2CCC(Cc3ccccc3)CC2)c1. The number of likely N-dealkylation sites (tertiary alicyclic amines) is 1. The minimum Gasteiger partial charge on any atom is -0.356 e. The van der Waals surface area contributed by atoms with Gasteiger partial charge in [0, 0.05) is 24.8 Å². The molecule has 0 saturated carbocycles. The second-order valence-corrected chi connectivity index (χ2v) is 6.28. The van der Waals surface area contributed by atoms with Crippen LogP contribution in [0.25, 0.3) is 0 Å². The summed E-state index contributed by atoms with van der Waals surface area (Å²) in [5, 5.41) is 0. The molecule has 1 aliphatic heterocycles. The summed E-state index contributed by atoms with van der Waals surface area (Å²) in [4.78, 5) is 28.6. The average molecular weight is 310 g/mol. The molecule has 3 rings (SSSR count). The molecular weight excluding hydrogens is 288 g/mol. The molecule has 1 saturated heterocycles. The molecule has 1 amide bonds. The molecule has 23 heavy (non-hydrogen) atoms. The van der Waals surface area contributed by atoms with E-state index in [0.29, 0.717) is 17.2 Å². The molecule has 0 bridgehead atoms. The molecule has 1 aromatic carbocycles. The van der Waals surface area contributed by atoms with Crippen molar-refractivity contribution in [1.82, 2.24) is 9.88 Å². The normalized spacial score (nSPS) is 15.6. The molecule has 0 unspecified atom stereocenters. The van der Waals surface area contributed by atoms with Gasteiger partial charge >= 0.3 is 0 Å². The number of nitrogens with zero attached hydrogens (tertiary/aromatic N) is 1. The summed E-state index contributed by atoms with van der Waals surface area (Å²) in [6, 6.07) is 12.2. The van der Waals surface area contributed by atoms with Crippen LogP contribution in [-0.4, -0.2) is 34.7 Å². The standard InChI is InChI=1S/C19H22N2O2/c1-14(22)17-12-18(20-13-17)19(23)21-9-7-16(8-10-21)11-15-5-3-2-4-6-15/h2-6,12-13,16,20H,7-11H2,1H3. The predicted molar refractivity (Wildman–Crippen MR) is 89.6 cm³/mol. The second kappa shape index (κ2) is 6.82. The highest BCUT2D eigenvalue weighted by Gasteiger charge is 2.24. The lowest BCUT2D eigenvalue weighted by atomic mass is 9.90. The first-order valence-electron chi connectivity index (χ1n) is 8.16. The number of piperidine rings is 1. The smallest absolute Gasteiger partial charge is 0.270 e. The van der Waals surface area contributed by atoms with Gasteiger partial charge in [0.25, 0.3) is 5.91 Å². The van der Waals surface area contributed by atoms with Gasteiger partial charge < -0.3 is 9.88 Å². The van der Waals surface area contributed by atoms with Crippen molar-refractivity contribution in [2.24, 2.45) is 5.92 Å². The van der Waals surface area contributed by atoms with Gasteiger partial charge in [-0.15, -0.1) is 0 Å². The second-order valence-electron chi connectivity index (χ2n) is 6.28. The first-order valence-corrected chi connectivity index (χ1v) is 8.16. The number of carbonyl (C=O) groups excluding carboxylic acids is 2. The third-order valence-electron chi connectivity index (χ3n) is 4.59. The topological polar surface area (TPSA) is 53.2 Å². The van der Waals surface area contributed by atoms with E-state index in [-0.39, 0.29) is 11.7 Å². The zero-order valence-corrected chi connectivity index (χ0v) is 13.4. The molecule has 1 aromatic heterocycles. The largest absolute Gasteiger partial charge is 0.356 e. The van der Waals surface area contributed by atoms with E-state index in [4.69, 9.17) is 0 Å². The van der Waals surface area contributed by atoms with Crippen LogP contribution in [-0.2, 0) is 6.42 Å². The van der Waals surface area contributed by atoms with E-state index < -0.39 is 0 Å². The quantitative estimate of drug-likeness (QED) is 0.881. The van der Waals surface area contributed by atoms with E-state index >= 15 is 0 Å². The Morgan fingerprint density at radius 2 is 1.87 bits per heavy atom. The fourth-order valence-electron chi connectivity index (χ4n) is 3.18. The zero-order valence-electron chi connectivity index (χ0n) is 13.4. The molecule has 120 valence electrons. The molecule has 4 nitrogen and oxygen atoms in total. The molecule has 0 spiro atoms. The number of rotatable bonds is 4. The van der Waals surface area contributed by atoms with E-state index in [9.17, 15) is 9.59 Å². The monoisotopic (exact) mass is 310 g/mol. The van der Waals surface area contributed by atoms with Crippen molar-refractivity contribution in [2.45, 2.75) is 26.2 Å². The lowest BCUT2D eigenvalue weighted by Gasteiger charge is -2.31. The van der Waals surface area contributed by atoms with Gasteiger partial charge in [0.2, 0.25) is 0 Å². The minimum atomic E-state index is -0.0260. The van der Waals surface area contributed by atoms with Gasteiger partial charge in [0.05, 0.1) is 0 Å². The van der Waals surface area contributed by atoms with E-state index in [2.05, 4.69) is 29.2 Å². The highest BCUT2D eigenvalue weighted by Crippen LogP contribution is 2.22. The third kappa shape index (κ3) is 3.70. The van der Waals surface area contributed by atoms with Crippen LogP contribution in [0.15, 0.2) is 42.6 Å². The average Bonchev–Trinajstić information content (AvgIpc) is 3.06. The summed E-state index contributed by atoms with van der Waals surface area (Å²) in [7, 11) is 0. The maximum Gasteiger partial charge on any atom is 0.270 e. The van der Waals surface area contributed by atoms with Gasteiger partial charge in [0.1, 0.15) is 5.69 Å². The lowest BCUT2D eigenvalue weighted by molar-refractivity contribution is 0.0685. The fraction of sp³-hybridized carbons (Fsp3) is 0.368. The van der Waals surface area contributed by atoms with Crippen molar-refractivity contribution in [3.05, 3.63) is 59.4 Å². The Kier molecular flexibility index (Phi) is 4.60. The molecule has 1 fully saturated rings. The van der Waals surface area contributed by atoms with Crippen LogP contribution in [0.5, 0.6) is 0 Å². The Bertz CT molecular complexity index is 682. The number of aromatic amines is 1. The fourth-order valence-corrected chi connectivity index (χ4v) is 3.18. The summed E-state index contributed by atoms with van der Waals surface area (Å²) < 4.78 is 0. The number of H-pyrrole nitrogens is 1. The van der Waals surface area contributed by atoms with Gasteiger partial charge in [-0.3, -0.25) is 9.59 Å². The van der Waals surface area contributed by atoms with Gasteiger partial charge in [0.15, 0.2) is 5.78 Å². The zero-order chi connectivity index (χ0) is 16.2. The Morgan fingerprint density at radius 3 is 2.48 bits per heavy atom. The van der Waals surface area contributed by atoms with Crippen molar-refractivity contribution >= 4 is 11.7 Å². The maximum atomic E-state index is 12.5. The number of Topliss-reactive ketones (excluding diaryl/α,β-unsaturated/α-hetero) is 1. The van der Waals surface area contributed by atoms with Crippen molar-refractivity contribution in [1.29, 1.82) is 0 Å². The lowest BCUT2D eigenvalue weighted by Crippen LogP contribution is -2.39. The summed E-state index contributed by atoms with van der Waals surface area (Å²) in [5.41, 5.74) is 2.44. The number of hydrogen-bond acceptors (Lipinski definition) is 2. The number of amides is 1. The Hall–Kier alpha value is -2.36. The molecule has 4 heteroatoms. The maximum absolute atomic E-state index is 12.5. The van der Waals surface area contributed by atoms with E-state index in [1.165, 1.54) is 12.5 Å². The van der Waals surface area contributed by atoms with E-state index in [1.807, 2.05) is 11.0 Å². The Labute approximate surface area is 136 Å². The number of nitrogens with one attached hydrogen (secondary N) is 1. The van der Waals surface area contributed by atoms with E-state index in [1.54, 1.807) is 12.3 Å². The predicted octanol–water partition coefficient (Wildman–Crippen LogP) is 3.31. The summed E-state index contributed by atoms with van der Waals surface area (Å²) >= 11 is 0. The van der Waals surface area contributed by atoms with Crippen LogP contribution >= 0.6 is 0 Å². The molecule has 1 N–H and O–H groups in total. The molecular formula is C19H22N2O2. The molecule has 0 radical (unpaired) electrons. The summed E-state index contributed by atoms with van der Waals surface area (Å²) in [6.07, 6.45) is 4.75. The van der Waals surface area contributed by atoms with Crippen molar-refractivity contribution in [3.8, 4) is 0 Å². The van der Waals surface area contributed by atoms with Gasteiger partial charge in [-0.25, -0.2) is 0 Å². The van der Waals surface area contributed by atoms with Crippen LogP contribution in [0.2, 0.25) is 0 Å². The summed E-state index contributed by atoms with van der Waals surface area (Å²) in [6.45, 7) is 3.07. The molecule has 1 aliphatic rings. The number of carbonyl (C=O) groups is 2. The molecule has 2 aromatic rings. The number of ketones is 1. The van der Waals surface area contributed by atoms with Gasteiger partial charge in [-0.1, -0.05) is 30.3 Å². The number of aromatic nitrogens is 1. The molecule has 0 atom stereocenters.